The Morgan fingerprint density at radius 1 is 1.19 bits per heavy atom. The fourth-order valence-corrected chi connectivity index (χ4v) is 2.62. The zero-order chi connectivity index (χ0) is 15.6. The van der Waals surface area contributed by atoms with Crippen LogP contribution in [0.1, 0.15) is 5.56 Å². The summed E-state index contributed by atoms with van der Waals surface area (Å²) in [7, 11) is -3.84. The molecule has 0 atom stereocenters. The minimum Gasteiger partial charge on any atom is -0.398 e. The molecule has 0 unspecified atom stereocenters. The fraction of sp³-hybridized carbons (Fsp3) is 0.0769. The van der Waals surface area contributed by atoms with Crippen molar-refractivity contribution in [1.29, 1.82) is 0 Å². The van der Waals surface area contributed by atoms with Gasteiger partial charge in [-0.25, -0.2) is 17.9 Å². The molecule has 0 saturated carbocycles. The highest BCUT2D eigenvalue weighted by Crippen LogP contribution is 2.22. The summed E-state index contributed by atoms with van der Waals surface area (Å²) in [5.41, 5.74) is 7.09. The second-order valence-electron chi connectivity index (χ2n) is 4.40. The third-order valence-corrected chi connectivity index (χ3v) is 4.07. The van der Waals surface area contributed by atoms with Crippen LogP contribution in [-0.2, 0) is 16.6 Å². The van der Waals surface area contributed by atoms with Crippen LogP contribution in [0.15, 0.2) is 41.3 Å². The van der Waals surface area contributed by atoms with Crippen LogP contribution in [0.4, 0.5) is 15.8 Å². The predicted octanol–water partition coefficient (Wildman–Crippen LogP) is 2.32. The van der Waals surface area contributed by atoms with Crippen molar-refractivity contribution in [3.63, 3.8) is 0 Å². The number of halogens is 2. The van der Waals surface area contributed by atoms with Gasteiger partial charge in [-0.3, -0.25) is 0 Å². The average Bonchev–Trinajstić information content (AvgIpc) is 2.39. The molecule has 8 heteroatoms. The summed E-state index contributed by atoms with van der Waals surface area (Å²) < 4.78 is 35.5. The zero-order valence-corrected chi connectivity index (χ0v) is 12.4. The number of nitrogens with one attached hydrogen (secondary N) is 1. The molecule has 2 rings (SSSR count). The van der Waals surface area contributed by atoms with Gasteiger partial charge >= 0.3 is 0 Å². The molecule has 0 heterocycles. The highest BCUT2D eigenvalue weighted by Gasteiger charge is 2.12. The van der Waals surface area contributed by atoms with Crippen LogP contribution in [-0.4, -0.2) is 8.42 Å². The lowest BCUT2D eigenvalue weighted by atomic mass is 10.2. The van der Waals surface area contributed by atoms with Crippen molar-refractivity contribution in [2.75, 3.05) is 11.1 Å². The molecular weight excluding hydrogens is 317 g/mol. The van der Waals surface area contributed by atoms with Gasteiger partial charge < -0.3 is 11.1 Å². The van der Waals surface area contributed by atoms with Crippen LogP contribution < -0.4 is 16.2 Å². The van der Waals surface area contributed by atoms with E-state index >= 15 is 0 Å². The second kappa shape index (κ2) is 5.88. The normalized spacial score (nSPS) is 11.4. The first kappa shape index (κ1) is 15.6. The number of sulfonamides is 1. The van der Waals surface area contributed by atoms with Gasteiger partial charge in [0, 0.05) is 12.2 Å². The topological polar surface area (TPSA) is 98.2 Å². The summed E-state index contributed by atoms with van der Waals surface area (Å²) in [6.07, 6.45) is 0. The summed E-state index contributed by atoms with van der Waals surface area (Å²) in [5.74, 6) is -0.484. The molecule has 0 aliphatic heterocycles. The van der Waals surface area contributed by atoms with E-state index in [-0.39, 0.29) is 15.6 Å². The Morgan fingerprint density at radius 3 is 2.48 bits per heavy atom. The molecule has 5 N–H and O–H groups in total. The van der Waals surface area contributed by atoms with Crippen LogP contribution in [0.3, 0.4) is 0 Å². The lowest BCUT2D eigenvalue weighted by Gasteiger charge is -2.10. The van der Waals surface area contributed by atoms with Crippen molar-refractivity contribution in [3.05, 3.63) is 52.8 Å². The van der Waals surface area contributed by atoms with Crippen molar-refractivity contribution >= 4 is 33.0 Å². The van der Waals surface area contributed by atoms with E-state index in [1.807, 2.05) is 0 Å². The molecule has 0 bridgehead atoms. The molecule has 0 amide bonds. The number of anilines is 2. The van der Waals surface area contributed by atoms with E-state index < -0.39 is 15.8 Å². The molecule has 21 heavy (non-hydrogen) atoms. The molecular formula is C13H13ClFN3O2S. The van der Waals surface area contributed by atoms with Crippen LogP contribution in [0, 0.1) is 5.82 Å². The molecule has 0 aliphatic rings. The number of nitrogens with two attached hydrogens (primary N) is 2. The number of hydrogen-bond donors (Lipinski definition) is 3. The quantitative estimate of drug-likeness (QED) is 0.750. The third kappa shape index (κ3) is 3.84. The maximum absolute atomic E-state index is 13.0. The molecule has 0 saturated heterocycles. The van der Waals surface area contributed by atoms with Crippen LogP contribution >= 0.6 is 11.6 Å². The number of nitrogen functional groups attached to an aromatic ring is 1. The number of benzene rings is 2. The minimum atomic E-state index is -3.84. The zero-order valence-electron chi connectivity index (χ0n) is 10.8. The number of hydrogen-bond acceptors (Lipinski definition) is 4. The minimum absolute atomic E-state index is 0.0402. The Kier molecular flexibility index (Phi) is 4.36. The van der Waals surface area contributed by atoms with E-state index in [0.29, 0.717) is 12.2 Å². The van der Waals surface area contributed by atoms with Gasteiger partial charge in [0.15, 0.2) is 0 Å². The molecule has 0 aromatic heterocycles. The average molecular weight is 330 g/mol. The van der Waals surface area contributed by atoms with Crippen molar-refractivity contribution in [2.24, 2.45) is 5.14 Å². The summed E-state index contributed by atoms with van der Waals surface area (Å²) in [6.45, 7) is 0.383. The van der Waals surface area contributed by atoms with E-state index in [1.54, 1.807) is 12.1 Å². The molecule has 0 aliphatic carbocycles. The second-order valence-corrected chi connectivity index (χ2v) is 6.34. The molecule has 5 nitrogen and oxygen atoms in total. The maximum atomic E-state index is 13.0. The van der Waals surface area contributed by atoms with Gasteiger partial charge in [0.2, 0.25) is 10.0 Å². The van der Waals surface area contributed by atoms with Gasteiger partial charge in [-0.05, 0) is 35.9 Å². The Bertz CT molecular complexity index is 781. The van der Waals surface area contributed by atoms with Gasteiger partial charge in [0.1, 0.15) is 10.7 Å². The first-order valence-electron chi connectivity index (χ1n) is 5.87. The lowest BCUT2D eigenvalue weighted by molar-refractivity contribution is 0.598. The number of rotatable bonds is 4. The molecule has 0 spiro atoms. The third-order valence-electron chi connectivity index (χ3n) is 2.80. The molecule has 0 radical (unpaired) electrons. The highest BCUT2D eigenvalue weighted by molar-refractivity contribution is 7.89. The van der Waals surface area contributed by atoms with Crippen molar-refractivity contribution in [3.8, 4) is 0 Å². The summed E-state index contributed by atoms with van der Waals surface area (Å²) >= 11 is 5.69. The molecule has 0 fully saturated rings. The molecule has 2 aromatic rings. The smallest absolute Gasteiger partial charge is 0.240 e. The van der Waals surface area contributed by atoms with Gasteiger partial charge in [-0.1, -0.05) is 17.7 Å². The van der Waals surface area contributed by atoms with Gasteiger partial charge in [-0.15, -0.1) is 0 Å². The van der Waals surface area contributed by atoms with E-state index in [2.05, 4.69) is 5.32 Å². The van der Waals surface area contributed by atoms with E-state index in [9.17, 15) is 12.8 Å². The largest absolute Gasteiger partial charge is 0.398 e. The van der Waals surface area contributed by atoms with E-state index in [4.69, 9.17) is 22.5 Å². The SMILES string of the molecule is Nc1cc(NCc2ccc(F)c(Cl)c2)ccc1S(N)(=O)=O. The Balaban J connectivity index is 2.14. The van der Waals surface area contributed by atoms with Crippen molar-refractivity contribution < 1.29 is 12.8 Å². The summed E-state index contributed by atoms with van der Waals surface area (Å²) in [6, 6.07) is 8.71. The van der Waals surface area contributed by atoms with E-state index in [1.165, 1.54) is 24.3 Å². The molecule has 2 aromatic carbocycles. The van der Waals surface area contributed by atoms with Crippen LogP contribution in [0.5, 0.6) is 0 Å². The van der Waals surface area contributed by atoms with Gasteiger partial charge in [0.05, 0.1) is 10.7 Å². The number of primary sulfonamides is 1. The predicted molar refractivity (Wildman–Crippen MR) is 81.0 cm³/mol. The first-order chi connectivity index (χ1) is 9.77. The van der Waals surface area contributed by atoms with Crippen LogP contribution in [0.25, 0.3) is 0 Å². The highest BCUT2D eigenvalue weighted by atomic mass is 35.5. The summed E-state index contributed by atoms with van der Waals surface area (Å²) in [5, 5.41) is 8.10. The van der Waals surface area contributed by atoms with Crippen molar-refractivity contribution in [2.45, 2.75) is 11.4 Å². The monoisotopic (exact) mass is 329 g/mol. The summed E-state index contributed by atoms with van der Waals surface area (Å²) in [4.78, 5) is -0.127. The van der Waals surface area contributed by atoms with Gasteiger partial charge in [0.25, 0.3) is 0 Å². The van der Waals surface area contributed by atoms with Gasteiger partial charge in [-0.2, -0.15) is 0 Å². The Morgan fingerprint density at radius 2 is 1.90 bits per heavy atom. The van der Waals surface area contributed by atoms with Crippen LogP contribution in [0.2, 0.25) is 5.02 Å². The lowest BCUT2D eigenvalue weighted by Crippen LogP contribution is -2.14. The van der Waals surface area contributed by atoms with Crippen molar-refractivity contribution in [1.82, 2.24) is 0 Å². The fourth-order valence-electron chi connectivity index (χ4n) is 1.77. The standard InChI is InChI=1S/C13H13ClFN3O2S/c14-10-5-8(1-3-11(10)15)7-18-9-2-4-13(12(16)6-9)21(17,19)20/h1-6,18H,7,16H2,(H2,17,19,20). The maximum Gasteiger partial charge on any atom is 0.240 e. The Labute approximate surface area is 126 Å². The Hall–Kier alpha value is -1.83. The van der Waals surface area contributed by atoms with E-state index in [0.717, 1.165) is 5.56 Å². The first-order valence-corrected chi connectivity index (χ1v) is 7.80. The molecule has 112 valence electrons.